The number of alkyl halides is 3. The summed E-state index contributed by atoms with van der Waals surface area (Å²) in [4.78, 5) is 10.8. The van der Waals surface area contributed by atoms with Crippen molar-refractivity contribution >= 4 is 17.6 Å². The number of aromatic hydroxyl groups is 1. The first-order valence-electron chi connectivity index (χ1n) is 4.71. The highest BCUT2D eigenvalue weighted by atomic mass is 35.5. The number of nitrogens with two attached hydrogens (primary N) is 1. The fourth-order valence-corrected chi connectivity index (χ4v) is 1.64. The normalized spacial score (nSPS) is 13.4. The Balaban J connectivity index is 3.41. The van der Waals surface area contributed by atoms with Crippen molar-refractivity contribution in [2.24, 2.45) is 5.73 Å². The predicted molar refractivity (Wildman–Crippen MR) is 57.6 cm³/mol. The summed E-state index contributed by atoms with van der Waals surface area (Å²) in [6.45, 7) is -0.381. The molecule has 0 aliphatic carbocycles. The van der Waals surface area contributed by atoms with E-state index in [4.69, 9.17) is 22.4 Å². The van der Waals surface area contributed by atoms with Crippen molar-refractivity contribution in [3.8, 4) is 5.75 Å². The summed E-state index contributed by atoms with van der Waals surface area (Å²) >= 11 is 5.45. The summed E-state index contributed by atoms with van der Waals surface area (Å²) in [5, 5.41) is 17.5. The molecule has 1 unspecified atom stereocenters. The van der Waals surface area contributed by atoms with Crippen LogP contribution in [0, 0.1) is 0 Å². The van der Waals surface area contributed by atoms with Gasteiger partial charge in [0.1, 0.15) is 5.75 Å². The summed E-state index contributed by atoms with van der Waals surface area (Å²) in [7, 11) is 0. The smallest absolute Gasteiger partial charge is 0.420 e. The van der Waals surface area contributed by atoms with Crippen molar-refractivity contribution < 1.29 is 28.2 Å². The molecule has 0 saturated heterocycles. The number of carbonyl (C=O) groups is 1. The van der Waals surface area contributed by atoms with E-state index < -0.39 is 34.4 Å². The lowest BCUT2D eigenvalue weighted by molar-refractivity contribution is -0.140. The maximum Gasteiger partial charge on any atom is 0.420 e. The molecule has 0 spiro atoms. The first-order chi connectivity index (χ1) is 8.18. The Labute approximate surface area is 105 Å². The van der Waals surface area contributed by atoms with Crippen molar-refractivity contribution in [2.45, 2.75) is 12.1 Å². The third kappa shape index (κ3) is 2.85. The average Bonchev–Trinajstić information content (AvgIpc) is 2.21. The van der Waals surface area contributed by atoms with Crippen LogP contribution in [0.4, 0.5) is 13.2 Å². The molecule has 0 heterocycles. The molecule has 0 fully saturated rings. The van der Waals surface area contributed by atoms with Gasteiger partial charge in [-0.2, -0.15) is 13.2 Å². The number of hydrogen-bond donors (Lipinski definition) is 3. The van der Waals surface area contributed by atoms with Gasteiger partial charge in [-0.05, 0) is 17.7 Å². The number of hydrogen-bond acceptors (Lipinski definition) is 3. The Bertz CT molecular complexity index is 476. The zero-order valence-corrected chi connectivity index (χ0v) is 9.59. The molecule has 18 heavy (non-hydrogen) atoms. The van der Waals surface area contributed by atoms with Gasteiger partial charge in [-0.3, -0.25) is 4.79 Å². The zero-order valence-electron chi connectivity index (χ0n) is 8.83. The number of phenolic OH excluding ortho intramolecular Hbond substituents is 1. The van der Waals surface area contributed by atoms with E-state index in [1.165, 1.54) is 0 Å². The van der Waals surface area contributed by atoms with Crippen LogP contribution in [0.5, 0.6) is 5.75 Å². The van der Waals surface area contributed by atoms with Crippen LogP contribution < -0.4 is 5.73 Å². The second-order valence-electron chi connectivity index (χ2n) is 3.52. The molecular formula is C10H9ClF3NO3. The molecule has 0 saturated carbocycles. The van der Waals surface area contributed by atoms with E-state index in [2.05, 4.69) is 0 Å². The number of phenols is 1. The number of rotatable bonds is 3. The van der Waals surface area contributed by atoms with Gasteiger partial charge >= 0.3 is 12.1 Å². The lowest BCUT2D eigenvalue weighted by Crippen LogP contribution is -2.21. The van der Waals surface area contributed by atoms with E-state index in [0.29, 0.717) is 6.07 Å². The third-order valence-electron chi connectivity index (χ3n) is 2.33. The first kappa shape index (κ1) is 14.6. The van der Waals surface area contributed by atoms with Gasteiger partial charge in [-0.1, -0.05) is 11.6 Å². The molecule has 100 valence electrons. The lowest BCUT2D eigenvalue weighted by Gasteiger charge is -2.15. The minimum atomic E-state index is -4.83. The molecule has 0 aliphatic rings. The van der Waals surface area contributed by atoms with Crippen molar-refractivity contribution in [1.29, 1.82) is 0 Å². The molecular weight excluding hydrogens is 275 g/mol. The molecule has 0 radical (unpaired) electrons. The van der Waals surface area contributed by atoms with Crippen molar-refractivity contribution in [1.82, 2.24) is 0 Å². The molecule has 4 N–H and O–H groups in total. The number of halogens is 4. The Hall–Kier alpha value is -1.47. The quantitative estimate of drug-likeness (QED) is 0.794. The second kappa shape index (κ2) is 5.03. The maximum atomic E-state index is 12.6. The van der Waals surface area contributed by atoms with E-state index in [9.17, 15) is 23.1 Å². The summed E-state index contributed by atoms with van der Waals surface area (Å²) in [5.74, 6) is -3.81. The van der Waals surface area contributed by atoms with E-state index in [1.807, 2.05) is 0 Å². The van der Waals surface area contributed by atoms with Crippen molar-refractivity contribution in [2.75, 3.05) is 6.54 Å². The van der Waals surface area contributed by atoms with Gasteiger partial charge in [-0.25, -0.2) is 0 Å². The van der Waals surface area contributed by atoms with Crippen LogP contribution in [0.15, 0.2) is 12.1 Å². The van der Waals surface area contributed by atoms with Gasteiger partial charge in [0.25, 0.3) is 0 Å². The van der Waals surface area contributed by atoms with Crippen LogP contribution in [-0.2, 0) is 11.0 Å². The topological polar surface area (TPSA) is 83.6 Å². The van der Waals surface area contributed by atoms with Crippen LogP contribution >= 0.6 is 11.6 Å². The van der Waals surface area contributed by atoms with Crippen molar-refractivity contribution in [3.05, 3.63) is 28.3 Å². The number of benzene rings is 1. The van der Waals surface area contributed by atoms with Crippen LogP contribution in [0.2, 0.25) is 5.02 Å². The summed E-state index contributed by atoms with van der Waals surface area (Å²) in [5.41, 5.74) is 3.59. The van der Waals surface area contributed by atoms with E-state index >= 15 is 0 Å². The molecule has 1 atom stereocenters. The Morgan fingerprint density at radius 3 is 2.39 bits per heavy atom. The number of carboxylic acid groups (broad SMARTS) is 1. The monoisotopic (exact) mass is 283 g/mol. The largest absolute Gasteiger partial charge is 0.506 e. The molecule has 0 aromatic heterocycles. The molecule has 1 aromatic carbocycles. The molecule has 1 rings (SSSR count). The summed E-state index contributed by atoms with van der Waals surface area (Å²) in [6.07, 6.45) is -4.83. The highest BCUT2D eigenvalue weighted by molar-refractivity contribution is 6.32. The Morgan fingerprint density at radius 1 is 1.44 bits per heavy atom. The van der Waals surface area contributed by atoms with Gasteiger partial charge < -0.3 is 15.9 Å². The SMILES string of the molecule is NCC(C(=O)O)c1cc(Cl)c(O)c(C(F)(F)F)c1. The Kier molecular flexibility index (Phi) is 4.08. The van der Waals surface area contributed by atoms with E-state index in [0.717, 1.165) is 6.07 Å². The van der Waals surface area contributed by atoms with Crippen LogP contribution in [-0.4, -0.2) is 22.7 Å². The molecule has 0 aliphatic heterocycles. The molecule has 8 heteroatoms. The van der Waals surface area contributed by atoms with Crippen LogP contribution in [0.1, 0.15) is 17.0 Å². The van der Waals surface area contributed by atoms with Crippen molar-refractivity contribution in [3.63, 3.8) is 0 Å². The minimum Gasteiger partial charge on any atom is -0.506 e. The number of carboxylic acids is 1. The standard InChI is InChI=1S/C10H9ClF3NO3/c11-7-2-4(5(3-15)9(17)18)1-6(8(7)16)10(12,13)14/h1-2,5,16H,3,15H2,(H,17,18). The summed E-state index contributed by atoms with van der Waals surface area (Å²) < 4.78 is 37.7. The Morgan fingerprint density at radius 2 is 2.00 bits per heavy atom. The molecule has 0 amide bonds. The van der Waals surface area contributed by atoms with Crippen LogP contribution in [0.3, 0.4) is 0 Å². The van der Waals surface area contributed by atoms with Gasteiger partial charge in [0, 0.05) is 6.54 Å². The number of aliphatic carboxylic acids is 1. The molecule has 4 nitrogen and oxygen atoms in total. The second-order valence-corrected chi connectivity index (χ2v) is 3.93. The highest BCUT2D eigenvalue weighted by Gasteiger charge is 2.36. The maximum absolute atomic E-state index is 12.6. The average molecular weight is 284 g/mol. The van der Waals surface area contributed by atoms with Gasteiger partial charge in [0.05, 0.1) is 16.5 Å². The minimum absolute atomic E-state index is 0.208. The van der Waals surface area contributed by atoms with Gasteiger partial charge in [-0.15, -0.1) is 0 Å². The highest BCUT2D eigenvalue weighted by Crippen LogP contribution is 2.41. The van der Waals surface area contributed by atoms with E-state index in [-0.39, 0.29) is 12.1 Å². The van der Waals surface area contributed by atoms with Gasteiger partial charge in [0.15, 0.2) is 0 Å². The zero-order chi connectivity index (χ0) is 14.1. The fraction of sp³-hybridized carbons (Fsp3) is 0.300. The molecule has 1 aromatic rings. The predicted octanol–water partition coefficient (Wildman–Crippen LogP) is 2.19. The molecule has 0 bridgehead atoms. The summed E-state index contributed by atoms with van der Waals surface area (Å²) in [6, 6.07) is 1.49. The fourth-order valence-electron chi connectivity index (χ4n) is 1.42. The third-order valence-corrected chi connectivity index (χ3v) is 2.62. The first-order valence-corrected chi connectivity index (χ1v) is 5.08. The lowest BCUT2D eigenvalue weighted by atomic mass is 9.97. The van der Waals surface area contributed by atoms with E-state index in [1.54, 1.807) is 0 Å². The van der Waals surface area contributed by atoms with Crippen LogP contribution in [0.25, 0.3) is 0 Å². The van der Waals surface area contributed by atoms with Gasteiger partial charge in [0.2, 0.25) is 0 Å².